The Bertz CT molecular complexity index is 646. The van der Waals surface area contributed by atoms with Gasteiger partial charge in [-0.15, -0.1) is 24.8 Å². The largest absolute Gasteiger partial charge is 0.493 e. The highest BCUT2D eigenvalue weighted by Gasteiger charge is 2.30. The Labute approximate surface area is 184 Å². The van der Waals surface area contributed by atoms with Crippen molar-refractivity contribution in [3.05, 3.63) is 23.8 Å². The van der Waals surface area contributed by atoms with Gasteiger partial charge in [0.1, 0.15) is 0 Å². The van der Waals surface area contributed by atoms with E-state index in [9.17, 15) is 9.90 Å². The average molecular weight is 452 g/mol. The molecule has 3 unspecified atom stereocenters. The molecule has 2 aliphatic rings. The quantitative estimate of drug-likeness (QED) is 0.563. The van der Waals surface area contributed by atoms with E-state index in [4.69, 9.17) is 14.2 Å². The third-order valence-corrected chi connectivity index (χ3v) is 5.17. The van der Waals surface area contributed by atoms with Crippen molar-refractivity contribution in [3.63, 3.8) is 0 Å². The number of rotatable bonds is 7. The molecule has 3 rings (SSSR count). The zero-order valence-corrected chi connectivity index (χ0v) is 18.4. The van der Waals surface area contributed by atoms with Crippen LogP contribution in [0.5, 0.6) is 11.5 Å². The van der Waals surface area contributed by atoms with E-state index < -0.39 is 6.10 Å². The molecular weight excluding hydrogens is 421 g/mol. The van der Waals surface area contributed by atoms with Crippen LogP contribution in [0.4, 0.5) is 0 Å². The number of ether oxygens (including phenoxy) is 3. The highest BCUT2D eigenvalue weighted by Crippen LogP contribution is 2.32. The smallest absolute Gasteiger partial charge is 0.237 e. The van der Waals surface area contributed by atoms with Gasteiger partial charge in [-0.1, -0.05) is 6.07 Å². The molecule has 1 aromatic carbocycles. The molecule has 0 saturated carbocycles. The summed E-state index contributed by atoms with van der Waals surface area (Å²) in [5, 5.41) is 15.7. The molecule has 2 saturated heterocycles. The van der Waals surface area contributed by atoms with Gasteiger partial charge in [0.2, 0.25) is 5.91 Å². The molecule has 1 amide bonds. The predicted molar refractivity (Wildman–Crippen MR) is 115 cm³/mol. The third kappa shape index (κ3) is 6.60. The molecule has 3 atom stereocenters. The minimum Gasteiger partial charge on any atom is -0.493 e. The summed E-state index contributed by atoms with van der Waals surface area (Å²) in [6.45, 7) is 3.88. The van der Waals surface area contributed by atoms with E-state index in [2.05, 4.69) is 15.5 Å². The molecule has 0 spiro atoms. The molecule has 29 heavy (non-hydrogen) atoms. The lowest BCUT2D eigenvalue weighted by molar-refractivity contribution is -0.123. The van der Waals surface area contributed by atoms with E-state index >= 15 is 0 Å². The Morgan fingerprint density at radius 3 is 2.55 bits per heavy atom. The lowest BCUT2D eigenvalue weighted by Crippen LogP contribution is -2.47. The van der Waals surface area contributed by atoms with Gasteiger partial charge in [0.15, 0.2) is 11.5 Å². The Kier molecular flexibility index (Phi) is 11.0. The summed E-state index contributed by atoms with van der Waals surface area (Å²) in [5.41, 5.74) is 1.05. The van der Waals surface area contributed by atoms with Gasteiger partial charge in [0, 0.05) is 26.2 Å². The van der Waals surface area contributed by atoms with Crippen LogP contribution < -0.4 is 20.1 Å². The lowest BCUT2D eigenvalue weighted by Gasteiger charge is -2.35. The number of β-amino-alcohol motifs (C(OH)–C–C–N with tert-alkyl or cyclic N) is 1. The summed E-state index contributed by atoms with van der Waals surface area (Å²) in [5.74, 6) is 1.26. The van der Waals surface area contributed by atoms with Crippen LogP contribution >= 0.6 is 24.8 Å². The molecule has 166 valence electrons. The van der Waals surface area contributed by atoms with Crippen LogP contribution in [-0.4, -0.2) is 81.7 Å². The van der Waals surface area contributed by atoms with Crippen LogP contribution in [0.2, 0.25) is 0 Å². The number of methoxy groups -OCH3 is 2. The van der Waals surface area contributed by atoms with E-state index in [0.29, 0.717) is 44.2 Å². The number of carbonyl (C=O) groups excluding carboxylic acids is 1. The van der Waals surface area contributed by atoms with Crippen molar-refractivity contribution < 1.29 is 24.1 Å². The van der Waals surface area contributed by atoms with Gasteiger partial charge in [-0.3, -0.25) is 9.69 Å². The van der Waals surface area contributed by atoms with Gasteiger partial charge in [-0.25, -0.2) is 0 Å². The van der Waals surface area contributed by atoms with Crippen LogP contribution in [0.25, 0.3) is 0 Å². The zero-order valence-electron chi connectivity index (χ0n) is 16.8. The first-order valence-corrected chi connectivity index (χ1v) is 9.35. The van der Waals surface area contributed by atoms with Crippen LogP contribution in [0.1, 0.15) is 18.0 Å². The van der Waals surface area contributed by atoms with Gasteiger partial charge >= 0.3 is 0 Å². The Morgan fingerprint density at radius 1 is 1.28 bits per heavy atom. The monoisotopic (exact) mass is 451 g/mol. The summed E-state index contributed by atoms with van der Waals surface area (Å²) in [7, 11) is 3.23. The Morgan fingerprint density at radius 2 is 1.97 bits per heavy atom. The number of nitrogens with one attached hydrogen (secondary N) is 2. The molecule has 1 aromatic rings. The van der Waals surface area contributed by atoms with Gasteiger partial charge in [0.25, 0.3) is 0 Å². The van der Waals surface area contributed by atoms with Crippen molar-refractivity contribution in [2.24, 2.45) is 0 Å². The number of hydrogen-bond acceptors (Lipinski definition) is 7. The number of aliphatic hydroxyl groups excluding tert-OH is 1. The first-order valence-electron chi connectivity index (χ1n) is 9.35. The third-order valence-electron chi connectivity index (χ3n) is 5.17. The fourth-order valence-corrected chi connectivity index (χ4v) is 3.64. The molecule has 3 N–H and O–H groups in total. The molecule has 10 heteroatoms. The normalized spacial score (nSPS) is 22.7. The lowest BCUT2D eigenvalue weighted by atomic mass is 10.0. The molecule has 8 nitrogen and oxygen atoms in total. The van der Waals surface area contributed by atoms with E-state index in [-0.39, 0.29) is 42.8 Å². The van der Waals surface area contributed by atoms with E-state index in [1.807, 2.05) is 18.2 Å². The second-order valence-corrected chi connectivity index (χ2v) is 6.87. The van der Waals surface area contributed by atoms with Crippen molar-refractivity contribution >= 4 is 30.7 Å². The minimum absolute atomic E-state index is 0. The summed E-state index contributed by atoms with van der Waals surface area (Å²) in [4.78, 5) is 14.8. The highest BCUT2D eigenvalue weighted by molar-refractivity contribution is 5.85. The second kappa shape index (κ2) is 12.4. The summed E-state index contributed by atoms with van der Waals surface area (Å²) in [6, 6.07) is 5.52. The first kappa shape index (κ1) is 25.7. The SMILES string of the molecule is COc1ccc(C(CNC(=O)C2CC(O)CN2)N2CCOCC2)cc1OC.Cl.Cl. The fraction of sp³-hybridized carbons (Fsp3) is 0.632. The molecule has 0 aliphatic carbocycles. The average Bonchev–Trinajstić information content (AvgIpc) is 3.15. The van der Waals surface area contributed by atoms with Crippen molar-refractivity contribution in [2.75, 3.05) is 53.6 Å². The number of halogens is 2. The van der Waals surface area contributed by atoms with Gasteiger partial charge in [0.05, 0.1) is 45.6 Å². The molecule has 0 bridgehead atoms. The van der Waals surface area contributed by atoms with Gasteiger partial charge in [-0.05, 0) is 24.1 Å². The number of aliphatic hydroxyl groups is 1. The highest BCUT2D eigenvalue weighted by atomic mass is 35.5. The second-order valence-electron chi connectivity index (χ2n) is 6.87. The van der Waals surface area contributed by atoms with Crippen LogP contribution in [-0.2, 0) is 9.53 Å². The Hall–Kier alpha value is -1.29. The van der Waals surface area contributed by atoms with E-state index in [1.165, 1.54) is 0 Å². The molecule has 0 aromatic heterocycles. The van der Waals surface area contributed by atoms with Crippen molar-refractivity contribution in [1.82, 2.24) is 15.5 Å². The minimum atomic E-state index is -0.457. The predicted octanol–water partition coefficient (Wildman–Crippen LogP) is 0.760. The van der Waals surface area contributed by atoms with E-state index in [0.717, 1.165) is 18.7 Å². The molecule has 2 heterocycles. The standard InChI is InChI=1S/C19H29N3O5.2ClH/c1-25-17-4-3-13(9-18(17)26-2)16(22-5-7-27-8-6-22)12-21-19(24)15-10-14(23)11-20-15;;/h3-4,9,14-16,20,23H,5-8,10-12H2,1-2H3,(H,21,24);2*1H. The zero-order chi connectivity index (χ0) is 19.2. The van der Waals surface area contributed by atoms with Crippen LogP contribution in [0, 0.1) is 0 Å². The van der Waals surface area contributed by atoms with Crippen LogP contribution in [0.3, 0.4) is 0 Å². The number of hydrogen-bond donors (Lipinski definition) is 3. The number of amides is 1. The number of nitrogens with zero attached hydrogens (tertiary/aromatic N) is 1. The van der Waals surface area contributed by atoms with Gasteiger partial charge < -0.3 is 30.0 Å². The number of morpholine rings is 1. The summed E-state index contributed by atoms with van der Waals surface area (Å²) < 4.78 is 16.2. The molecule has 2 aliphatic heterocycles. The van der Waals surface area contributed by atoms with Crippen molar-refractivity contribution in [1.29, 1.82) is 0 Å². The maximum atomic E-state index is 12.5. The molecule has 0 radical (unpaired) electrons. The topological polar surface area (TPSA) is 92.3 Å². The van der Waals surface area contributed by atoms with Gasteiger partial charge in [-0.2, -0.15) is 0 Å². The fourth-order valence-electron chi connectivity index (χ4n) is 3.64. The van der Waals surface area contributed by atoms with E-state index in [1.54, 1.807) is 14.2 Å². The van der Waals surface area contributed by atoms with Crippen molar-refractivity contribution in [3.8, 4) is 11.5 Å². The van der Waals surface area contributed by atoms with Crippen molar-refractivity contribution in [2.45, 2.75) is 24.6 Å². The number of benzene rings is 1. The molecular formula is C19H31Cl2N3O5. The summed E-state index contributed by atoms with van der Waals surface area (Å²) >= 11 is 0. The maximum Gasteiger partial charge on any atom is 0.237 e. The summed E-state index contributed by atoms with van der Waals surface area (Å²) in [6.07, 6.45) is -0.00799. The number of carbonyl (C=O) groups is 1. The van der Waals surface area contributed by atoms with Crippen LogP contribution in [0.15, 0.2) is 18.2 Å². The molecule has 2 fully saturated rings. The maximum absolute atomic E-state index is 12.5. The Balaban J connectivity index is 0.00000210. The first-order chi connectivity index (χ1) is 13.1.